The number of carboxylic acid groups (broad SMARTS) is 1. The van der Waals surface area contributed by atoms with Gasteiger partial charge in [-0.15, -0.1) is 23.1 Å². The van der Waals surface area contributed by atoms with Gasteiger partial charge in [0.25, 0.3) is 0 Å². The van der Waals surface area contributed by atoms with Gasteiger partial charge in [-0.2, -0.15) is 0 Å². The van der Waals surface area contributed by atoms with E-state index in [9.17, 15) is 4.79 Å². The first kappa shape index (κ1) is 13.5. The molecule has 90 valence electrons. The van der Waals surface area contributed by atoms with Gasteiger partial charge >= 0.3 is 5.97 Å². The number of carbonyl (C=O) groups is 1. The van der Waals surface area contributed by atoms with Crippen LogP contribution in [0.2, 0.25) is 0 Å². The zero-order valence-corrected chi connectivity index (χ0v) is 11.3. The maximum Gasteiger partial charge on any atom is 0.323 e. The topological polar surface area (TPSA) is 49.3 Å². The lowest BCUT2D eigenvalue weighted by Crippen LogP contribution is -2.49. The zero-order chi connectivity index (χ0) is 12.2. The Hall–Kier alpha value is -0.520. The van der Waals surface area contributed by atoms with Crippen molar-refractivity contribution in [2.45, 2.75) is 35.3 Å². The van der Waals surface area contributed by atoms with Gasteiger partial charge in [-0.3, -0.25) is 4.79 Å². The minimum Gasteiger partial charge on any atom is -0.480 e. The molecule has 1 heterocycles. The van der Waals surface area contributed by atoms with Gasteiger partial charge in [-0.25, -0.2) is 0 Å². The Balaban J connectivity index is 2.56. The van der Waals surface area contributed by atoms with E-state index in [2.05, 4.69) is 18.3 Å². The Kier molecular flexibility index (Phi) is 4.83. The predicted octanol–water partition coefficient (Wildman–Crippen LogP) is 2.68. The highest BCUT2D eigenvalue weighted by Crippen LogP contribution is 2.31. The van der Waals surface area contributed by atoms with Gasteiger partial charge in [0, 0.05) is 5.25 Å². The van der Waals surface area contributed by atoms with Gasteiger partial charge in [0.1, 0.15) is 5.54 Å². The normalized spacial score (nSPS) is 16.7. The highest BCUT2D eigenvalue weighted by Gasteiger charge is 2.33. The summed E-state index contributed by atoms with van der Waals surface area (Å²) in [6.07, 6.45) is 0.599. The summed E-state index contributed by atoms with van der Waals surface area (Å²) in [4.78, 5) is 11.1. The number of hydrogen-bond acceptors (Lipinski definition) is 4. The molecular formula is C11H17NO2S2. The van der Waals surface area contributed by atoms with Crippen LogP contribution in [0.25, 0.3) is 0 Å². The average Bonchev–Trinajstić information content (AvgIpc) is 2.69. The minimum atomic E-state index is -0.844. The summed E-state index contributed by atoms with van der Waals surface area (Å²) in [5.41, 5.74) is -0.844. The molecule has 0 aromatic carbocycles. The number of aliphatic carboxylic acids is 1. The molecule has 0 bridgehead atoms. The van der Waals surface area contributed by atoms with Crippen LogP contribution < -0.4 is 5.32 Å². The van der Waals surface area contributed by atoms with Crippen LogP contribution in [0.5, 0.6) is 0 Å². The van der Waals surface area contributed by atoms with Gasteiger partial charge in [0.05, 0.1) is 4.21 Å². The van der Waals surface area contributed by atoms with E-state index in [1.165, 1.54) is 4.21 Å². The van der Waals surface area contributed by atoms with Crippen molar-refractivity contribution < 1.29 is 9.90 Å². The van der Waals surface area contributed by atoms with E-state index in [0.29, 0.717) is 6.42 Å². The highest BCUT2D eigenvalue weighted by atomic mass is 32.2. The molecule has 1 aromatic rings. The van der Waals surface area contributed by atoms with E-state index in [-0.39, 0.29) is 5.25 Å². The standard InChI is InChI=1S/C11H17NO2S2/c1-8(16-9-5-4-6-15-9)7-11(2,12-3)10(13)14/h4-6,8,12H,7H2,1-3H3,(H,13,14). The third-order valence-corrected chi connectivity index (χ3v) is 4.71. The summed E-state index contributed by atoms with van der Waals surface area (Å²) in [5.74, 6) is -0.798. The quantitative estimate of drug-likeness (QED) is 0.771. The first-order valence-corrected chi connectivity index (χ1v) is 6.86. The maximum absolute atomic E-state index is 11.1. The molecule has 0 aliphatic rings. The average molecular weight is 259 g/mol. The van der Waals surface area contributed by atoms with Crippen molar-refractivity contribution in [2.24, 2.45) is 0 Å². The molecule has 1 rings (SSSR count). The number of carboxylic acids is 1. The van der Waals surface area contributed by atoms with Crippen LogP contribution in [0.3, 0.4) is 0 Å². The molecule has 1 aromatic heterocycles. The van der Waals surface area contributed by atoms with E-state index >= 15 is 0 Å². The molecule has 0 aliphatic heterocycles. The first-order chi connectivity index (χ1) is 7.48. The van der Waals surface area contributed by atoms with Crippen molar-refractivity contribution in [1.29, 1.82) is 0 Å². The van der Waals surface area contributed by atoms with Gasteiger partial charge in [-0.1, -0.05) is 13.0 Å². The molecule has 0 spiro atoms. The van der Waals surface area contributed by atoms with E-state index in [1.54, 1.807) is 37.1 Å². The monoisotopic (exact) mass is 259 g/mol. The summed E-state index contributed by atoms with van der Waals surface area (Å²) in [7, 11) is 1.69. The summed E-state index contributed by atoms with van der Waals surface area (Å²) < 4.78 is 1.23. The molecule has 2 atom stereocenters. The molecule has 0 saturated heterocycles. The summed E-state index contributed by atoms with van der Waals surface area (Å²) in [6, 6.07) is 4.07. The SMILES string of the molecule is CNC(C)(CC(C)Sc1cccs1)C(=O)O. The number of nitrogens with one attached hydrogen (secondary N) is 1. The number of thioether (sulfide) groups is 1. The molecule has 0 radical (unpaired) electrons. The molecule has 2 unspecified atom stereocenters. The highest BCUT2D eigenvalue weighted by molar-refractivity contribution is 8.01. The van der Waals surface area contributed by atoms with Crippen molar-refractivity contribution in [3.05, 3.63) is 17.5 Å². The third kappa shape index (κ3) is 3.50. The van der Waals surface area contributed by atoms with Crippen LogP contribution in [0, 0.1) is 0 Å². The Bertz CT molecular complexity index is 340. The van der Waals surface area contributed by atoms with Crippen LogP contribution in [0.1, 0.15) is 20.3 Å². The molecule has 16 heavy (non-hydrogen) atoms. The van der Waals surface area contributed by atoms with Crippen LogP contribution in [-0.4, -0.2) is 28.9 Å². The van der Waals surface area contributed by atoms with Crippen molar-refractivity contribution >= 4 is 29.1 Å². The lowest BCUT2D eigenvalue weighted by molar-refractivity contribution is -0.144. The maximum atomic E-state index is 11.1. The number of hydrogen-bond donors (Lipinski definition) is 2. The smallest absolute Gasteiger partial charge is 0.323 e. The summed E-state index contributed by atoms with van der Waals surface area (Å²) >= 11 is 3.41. The van der Waals surface area contributed by atoms with Gasteiger partial charge in [0.15, 0.2) is 0 Å². The van der Waals surface area contributed by atoms with Crippen LogP contribution in [0.15, 0.2) is 21.7 Å². The van der Waals surface area contributed by atoms with E-state index in [0.717, 1.165) is 0 Å². The molecule has 0 aliphatic carbocycles. The Morgan fingerprint density at radius 2 is 2.44 bits per heavy atom. The fraction of sp³-hybridized carbons (Fsp3) is 0.545. The van der Waals surface area contributed by atoms with Crippen molar-refractivity contribution in [3.8, 4) is 0 Å². The molecule has 0 saturated carbocycles. The molecule has 0 fully saturated rings. The summed E-state index contributed by atoms with van der Waals surface area (Å²) in [5, 5.41) is 14.3. The molecule has 3 nitrogen and oxygen atoms in total. The molecule has 0 amide bonds. The van der Waals surface area contributed by atoms with Crippen molar-refractivity contribution in [3.63, 3.8) is 0 Å². The van der Waals surface area contributed by atoms with E-state index in [1.807, 2.05) is 11.4 Å². The van der Waals surface area contributed by atoms with E-state index < -0.39 is 11.5 Å². The first-order valence-electron chi connectivity index (χ1n) is 5.10. The second kappa shape index (κ2) is 5.70. The fourth-order valence-electron chi connectivity index (χ4n) is 1.44. The number of likely N-dealkylation sites (N-methyl/N-ethyl adjacent to an activating group) is 1. The van der Waals surface area contributed by atoms with Crippen molar-refractivity contribution in [1.82, 2.24) is 5.32 Å². The van der Waals surface area contributed by atoms with Crippen molar-refractivity contribution in [2.75, 3.05) is 7.05 Å². The van der Waals surface area contributed by atoms with Crippen LogP contribution in [-0.2, 0) is 4.79 Å². The minimum absolute atomic E-state index is 0.271. The lowest BCUT2D eigenvalue weighted by atomic mass is 9.97. The van der Waals surface area contributed by atoms with E-state index in [4.69, 9.17) is 5.11 Å². The zero-order valence-electron chi connectivity index (χ0n) is 9.69. The predicted molar refractivity (Wildman–Crippen MR) is 69.4 cm³/mol. The molecule has 5 heteroatoms. The Morgan fingerprint density at radius 3 is 2.88 bits per heavy atom. The summed E-state index contributed by atoms with van der Waals surface area (Å²) in [6.45, 7) is 3.78. The largest absolute Gasteiger partial charge is 0.480 e. The molecule has 2 N–H and O–H groups in total. The fourth-order valence-corrected chi connectivity index (χ4v) is 3.74. The Morgan fingerprint density at radius 1 is 1.75 bits per heavy atom. The lowest BCUT2D eigenvalue weighted by Gasteiger charge is -2.26. The third-order valence-electron chi connectivity index (χ3n) is 2.53. The van der Waals surface area contributed by atoms with Crippen LogP contribution in [0.4, 0.5) is 0 Å². The molecular weight excluding hydrogens is 242 g/mol. The van der Waals surface area contributed by atoms with Gasteiger partial charge in [0.2, 0.25) is 0 Å². The number of rotatable bonds is 6. The van der Waals surface area contributed by atoms with Crippen LogP contribution >= 0.6 is 23.1 Å². The second-order valence-electron chi connectivity index (χ2n) is 3.95. The van der Waals surface area contributed by atoms with Gasteiger partial charge in [-0.05, 0) is 31.8 Å². The number of thiophene rings is 1. The Labute approximate surface area is 104 Å². The van der Waals surface area contributed by atoms with Gasteiger partial charge < -0.3 is 10.4 Å². The second-order valence-corrected chi connectivity index (χ2v) is 6.64.